The summed E-state index contributed by atoms with van der Waals surface area (Å²) >= 11 is 8.22. The number of nitrogens with zero attached hydrogens (tertiary/aromatic N) is 4. The van der Waals surface area contributed by atoms with Gasteiger partial charge in [0.25, 0.3) is 0 Å². The van der Waals surface area contributed by atoms with Gasteiger partial charge in [0, 0.05) is 13.2 Å². The maximum atomic E-state index is 6.06. The van der Waals surface area contributed by atoms with Crippen LogP contribution in [0.25, 0.3) is 11.5 Å². The largest absolute Gasteiger partial charge is 0.275 e. The van der Waals surface area contributed by atoms with E-state index < -0.39 is 0 Å². The highest BCUT2D eigenvalue weighted by molar-refractivity contribution is 14.1. The van der Waals surface area contributed by atoms with Crippen molar-refractivity contribution < 1.29 is 0 Å². The second-order valence-electron chi connectivity index (χ2n) is 3.33. The molecule has 0 amide bonds. The van der Waals surface area contributed by atoms with Crippen molar-refractivity contribution in [3.05, 3.63) is 26.7 Å². The summed E-state index contributed by atoms with van der Waals surface area (Å²) < 4.78 is 2.64. The number of rotatable bonds is 2. The van der Waals surface area contributed by atoms with E-state index in [1.54, 1.807) is 4.68 Å². The molecule has 0 spiro atoms. The minimum Gasteiger partial charge on any atom is -0.275 e. The van der Waals surface area contributed by atoms with Crippen LogP contribution in [0.4, 0.5) is 0 Å². The van der Waals surface area contributed by atoms with E-state index in [0.717, 1.165) is 21.4 Å². The fourth-order valence-corrected chi connectivity index (χ4v) is 2.16. The van der Waals surface area contributed by atoms with Crippen molar-refractivity contribution in [3.63, 3.8) is 0 Å². The Labute approximate surface area is 112 Å². The Morgan fingerprint density at radius 2 is 2.19 bits per heavy atom. The Kier molecular flexibility index (Phi) is 3.44. The van der Waals surface area contributed by atoms with Crippen LogP contribution in [0.5, 0.6) is 0 Å². The SMILES string of the molecule is CCc1nc(-c2ccn(C)n2)nc(Cl)c1I. The Bertz CT molecular complexity index is 524. The van der Waals surface area contributed by atoms with Gasteiger partial charge >= 0.3 is 0 Å². The average Bonchev–Trinajstić information content (AvgIpc) is 2.69. The van der Waals surface area contributed by atoms with Crippen LogP contribution in [0.1, 0.15) is 12.6 Å². The monoisotopic (exact) mass is 348 g/mol. The highest BCUT2D eigenvalue weighted by Crippen LogP contribution is 2.23. The zero-order chi connectivity index (χ0) is 11.7. The molecule has 2 aromatic heterocycles. The van der Waals surface area contributed by atoms with Gasteiger partial charge in [-0.05, 0) is 35.1 Å². The van der Waals surface area contributed by atoms with Crippen molar-refractivity contribution in [2.24, 2.45) is 7.05 Å². The van der Waals surface area contributed by atoms with Crippen molar-refractivity contribution in [1.29, 1.82) is 0 Å². The van der Waals surface area contributed by atoms with E-state index in [2.05, 4.69) is 37.7 Å². The minimum atomic E-state index is 0.494. The van der Waals surface area contributed by atoms with Crippen LogP contribution in [0, 0.1) is 3.57 Å². The second-order valence-corrected chi connectivity index (χ2v) is 4.76. The van der Waals surface area contributed by atoms with Crippen LogP contribution < -0.4 is 0 Å². The van der Waals surface area contributed by atoms with E-state index >= 15 is 0 Å². The molecule has 0 aliphatic carbocycles. The van der Waals surface area contributed by atoms with Gasteiger partial charge in [0.2, 0.25) is 0 Å². The van der Waals surface area contributed by atoms with Crippen molar-refractivity contribution >= 4 is 34.2 Å². The van der Waals surface area contributed by atoms with Gasteiger partial charge < -0.3 is 0 Å². The van der Waals surface area contributed by atoms with E-state index in [1.807, 2.05) is 26.2 Å². The first-order valence-electron chi connectivity index (χ1n) is 4.83. The first-order valence-corrected chi connectivity index (χ1v) is 6.29. The van der Waals surface area contributed by atoms with Gasteiger partial charge in [-0.1, -0.05) is 18.5 Å². The van der Waals surface area contributed by atoms with Gasteiger partial charge in [-0.15, -0.1) is 0 Å². The van der Waals surface area contributed by atoms with Crippen LogP contribution in [0.2, 0.25) is 5.15 Å². The molecule has 2 rings (SSSR count). The third-order valence-corrected chi connectivity index (χ3v) is 3.88. The summed E-state index contributed by atoms with van der Waals surface area (Å²) in [6.07, 6.45) is 2.69. The van der Waals surface area contributed by atoms with Crippen molar-refractivity contribution in [1.82, 2.24) is 19.7 Å². The summed E-state index contributed by atoms with van der Waals surface area (Å²) in [6.45, 7) is 2.04. The van der Waals surface area contributed by atoms with E-state index in [-0.39, 0.29) is 0 Å². The lowest BCUT2D eigenvalue weighted by molar-refractivity contribution is 0.768. The van der Waals surface area contributed by atoms with E-state index in [0.29, 0.717) is 11.0 Å². The molecular weight excluding hydrogens is 338 g/mol. The number of aryl methyl sites for hydroxylation is 2. The third-order valence-electron chi connectivity index (χ3n) is 2.16. The molecule has 0 saturated heterocycles. The van der Waals surface area contributed by atoms with Crippen molar-refractivity contribution in [2.75, 3.05) is 0 Å². The molecule has 0 aromatic carbocycles. The van der Waals surface area contributed by atoms with Crippen LogP contribution in [0.3, 0.4) is 0 Å². The molecule has 2 aromatic rings. The van der Waals surface area contributed by atoms with Crippen molar-refractivity contribution in [3.8, 4) is 11.5 Å². The summed E-state index contributed by atoms with van der Waals surface area (Å²) in [4.78, 5) is 8.69. The van der Waals surface area contributed by atoms with Gasteiger partial charge in [-0.25, -0.2) is 9.97 Å². The lowest BCUT2D eigenvalue weighted by Gasteiger charge is -2.04. The Hall–Kier alpha value is -0.690. The second kappa shape index (κ2) is 4.67. The van der Waals surface area contributed by atoms with Crippen LogP contribution in [0.15, 0.2) is 12.3 Å². The topological polar surface area (TPSA) is 43.6 Å². The molecule has 0 aliphatic rings. The van der Waals surface area contributed by atoms with Crippen molar-refractivity contribution in [2.45, 2.75) is 13.3 Å². The minimum absolute atomic E-state index is 0.494. The van der Waals surface area contributed by atoms with Crippen LogP contribution in [-0.2, 0) is 13.5 Å². The first-order chi connectivity index (χ1) is 7.61. The molecule has 0 N–H and O–H groups in total. The van der Waals surface area contributed by atoms with E-state index in [1.165, 1.54) is 0 Å². The maximum absolute atomic E-state index is 6.06. The van der Waals surface area contributed by atoms with Gasteiger partial charge in [0.15, 0.2) is 5.82 Å². The summed E-state index contributed by atoms with van der Waals surface area (Å²) in [5, 5.41) is 4.75. The Morgan fingerprint density at radius 3 is 2.75 bits per heavy atom. The average molecular weight is 349 g/mol. The molecule has 0 fully saturated rings. The fourth-order valence-electron chi connectivity index (χ4n) is 1.35. The number of hydrogen-bond donors (Lipinski definition) is 0. The molecule has 0 atom stereocenters. The molecule has 6 heteroatoms. The summed E-state index contributed by atoms with van der Waals surface area (Å²) in [5.41, 5.74) is 1.71. The first kappa shape index (κ1) is 11.8. The third kappa shape index (κ3) is 2.20. The zero-order valence-electron chi connectivity index (χ0n) is 8.91. The smallest absolute Gasteiger partial charge is 0.181 e. The molecule has 0 unspecified atom stereocenters. The molecule has 0 radical (unpaired) electrons. The van der Waals surface area contributed by atoms with Crippen LogP contribution in [-0.4, -0.2) is 19.7 Å². The highest BCUT2D eigenvalue weighted by atomic mass is 127. The predicted molar refractivity (Wildman–Crippen MR) is 71.3 cm³/mol. The van der Waals surface area contributed by atoms with Crippen LogP contribution >= 0.6 is 34.2 Å². The lowest BCUT2D eigenvalue weighted by Crippen LogP contribution is -2.00. The molecular formula is C10H10ClIN4. The number of aromatic nitrogens is 4. The van der Waals surface area contributed by atoms with E-state index in [9.17, 15) is 0 Å². The fraction of sp³-hybridized carbons (Fsp3) is 0.300. The van der Waals surface area contributed by atoms with Gasteiger partial charge in [-0.3, -0.25) is 4.68 Å². The summed E-state index contributed by atoms with van der Waals surface area (Å²) in [7, 11) is 1.86. The maximum Gasteiger partial charge on any atom is 0.181 e. The standard InChI is InChI=1S/C10H10ClIN4/c1-3-6-8(12)9(11)14-10(13-6)7-4-5-16(2)15-7/h4-5H,3H2,1-2H3. The van der Waals surface area contributed by atoms with Gasteiger partial charge in [0.05, 0.1) is 9.26 Å². The normalized spacial score (nSPS) is 10.8. The quantitative estimate of drug-likeness (QED) is 0.619. The van der Waals surface area contributed by atoms with E-state index in [4.69, 9.17) is 11.6 Å². The summed E-state index contributed by atoms with van der Waals surface area (Å²) in [6, 6.07) is 1.87. The highest BCUT2D eigenvalue weighted by Gasteiger charge is 2.12. The number of halogens is 2. The molecule has 0 saturated carbocycles. The zero-order valence-corrected chi connectivity index (χ0v) is 11.8. The lowest BCUT2D eigenvalue weighted by atomic mass is 10.3. The Morgan fingerprint density at radius 1 is 1.44 bits per heavy atom. The molecule has 0 bridgehead atoms. The molecule has 84 valence electrons. The predicted octanol–water partition coefficient (Wildman–Crippen LogP) is 2.70. The molecule has 4 nitrogen and oxygen atoms in total. The molecule has 2 heterocycles. The number of hydrogen-bond acceptors (Lipinski definition) is 3. The molecule has 16 heavy (non-hydrogen) atoms. The van der Waals surface area contributed by atoms with Gasteiger partial charge in [-0.2, -0.15) is 5.10 Å². The Balaban J connectivity index is 2.54. The molecule has 0 aliphatic heterocycles. The summed E-state index contributed by atoms with van der Waals surface area (Å²) in [5.74, 6) is 0.586. The van der Waals surface area contributed by atoms with Gasteiger partial charge in [0.1, 0.15) is 10.8 Å².